The van der Waals surface area contributed by atoms with Crippen molar-refractivity contribution in [1.29, 1.82) is 0 Å². The third kappa shape index (κ3) is 3.65. The summed E-state index contributed by atoms with van der Waals surface area (Å²) in [6, 6.07) is 10.1. The molecule has 148 valence electrons. The first kappa shape index (κ1) is 19.0. The molecular formula is C24H29NO3. The summed E-state index contributed by atoms with van der Waals surface area (Å²) in [5.74, 6) is 0.476. The zero-order chi connectivity index (χ0) is 19.6. The van der Waals surface area contributed by atoms with Gasteiger partial charge < -0.3 is 9.84 Å². The van der Waals surface area contributed by atoms with Crippen molar-refractivity contribution >= 4 is 6.16 Å². The SMILES string of the molecule is CC1(c2nc3c(c(-c4ccccc4)c2OC(=O)O)CCCCC3)CCCCC1. The lowest BCUT2D eigenvalue weighted by Gasteiger charge is -2.35. The smallest absolute Gasteiger partial charge is 0.449 e. The van der Waals surface area contributed by atoms with Gasteiger partial charge in [-0.05, 0) is 49.7 Å². The first-order valence-electron chi connectivity index (χ1n) is 10.6. The summed E-state index contributed by atoms with van der Waals surface area (Å²) < 4.78 is 5.51. The fourth-order valence-corrected chi connectivity index (χ4v) is 4.97. The number of aryl methyl sites for hydroxylation is 1. The molecule has 1 heterocycles. The van der Waals surface area contributed by atoms with E-state index in [9.17, 15) is 9.90 Å². The second-order valence-corrected chi connectivity index (χ2v) is 8.51. The lowest BCUT2D eigenvalue weighted by Crippen LogP contribution is -2.29. The van der Waals surface area contributed by atoms with E-state index >= 15 is 0 Å². The minimum atomic E-state index is -1.26. The first-order chi connectivity index (χ1) is 13.6. The topological polar surface area (TPSA) is 59.4 Å². The standard InChI is InChI=1S/C24H29NO3/c1-24(15-9-4-10-16-24)22-21(28-23(26)27)20(17-11-5-2-6-12-17)18-13-7-3-8-14-19(18)25-22/h2,5-6,11-12H,3-4,7-10,13-16H2,1H3,(H,26,27). The Hall–Kier alpha value is -2.36. The van der Waals surface area contributed by atoms with E-state index in [2.05, 4.69) is 19.1 Å². The molecule has 28 heavy (non-hydrogen) atoms. The highest BCUT2D eigenvalue weighted by Crippen LogP contribution is 2.48. The van der Waals surface area contributed by atoms with E-state index < -0.39 is 6.16 Å². The molecule has 4 heteroatoms. The van der Waals surface area contributed by atoms with Gasteiger partial charge in [0.25, 0.3) is 0 Å². The van der Waals surface area contributed by atoms with Gasteiger partial charge in [-0.1, -0.05) is 62.9 Å². The van der Waals surface area contributed by atoms with Crippen molar-refractivity contribution in [2.75, 3.05) is 0 Å². The number of nitrogens with zero attached hydrogens (tertiary/aromatic N) is 1. The number of pyridine rings is 1. The Labute approximate surface area is 167 Å². The van der Waals surface area contributed by atoms with Crippen LogP contribution in [0.5, 0.6) is 5.75 Å². The van der Waals surface area contributed by atoms with Crippen molar-refractivity contribution in [3.63, 3.8) is 0 Å². The molecule has 0 saturated heterocycles. The van der Waals surface area contributed by atoms with Gasteiger partial charge in [0.05, 0.1) is 5.69 Å². The number of aromatic nitrogens is 1. The predicted octanol–water partition coefficient (Wildman–Crippen LogP) is 6.30. The molecule has 2 aliphatic carbocycles. The molecular weight excluding hydrogens is 350 g/mol. The maximum atomic E-state index is 11.7. The molecule has 0 atom stereocenters. The van der Waals surface area contributed by atoms with Crippen molar-refractivity contribution < 1.29 is 14.6 Å². The lowest BCUT2D eigenvalue weighted by molar-refractivity contribution is 0.142. The Kier molecular flexibility index (Phi) is 5.38. The van der Waals surface area contributed by atoms with Crippen LogP contribution < -0.4 is 4.74 Å². The van der Waals surface area contributed by atoms with Gasteiger partial charge in [-0.25, -0.2) is 4.79 Å². The summed E-state index contributed by atoms with van der Waals surface area (Å²) in [4.78, 5) is 16.8. The van der Waals surface area contributed by atoms with Gasteiger partial charge in [-0.3, -0.25) is 4.98 Å². The van der Waals surface area contributed by atoms with Gasteiger partial charge >= 0.3 is 6.16 Å². The largest absolute Gasteiger partial charge is 0.511 e. The summed E-state index contributed by atoms with van der Waals surface area (Å²) in [6.45, 7) is 2.24. The Morgan fingerprint density at radius 2 is 1.68 bits per heavy atom. The Morgan fingerprint density at radius 1 is 1.00 bits per heavy atom. The van der Waals surface area contributed by atoms with Crippen LogP contribution in [-0.2, 0) is 18.3 Å². The predicted molar refractivity (Wildman–Crippen MR) is 110 cm³/mol. The van der Waals surface area contributed by atoms with E-state index in [1.54, 1.807) is 0 Å². The molecule has 2 aliphatic rings. The van der Waals surface area contributed by atoms with Gasteiger partial charge in [-0.15, -0.1) is 0 Å². The molecule has 4 rings (SSSR count). The molecule has 1 N–H and O–H groups in total. The molecule has 2 aromatic rings. The number of hydrogen-bond acceptors (Lipinski definition) is 3. The number of fused-ring (bicyclic) bond motifs is 1. The molecule has 1 saturated carbocycles. The average molecular weight is 380 g/mol. The Morgan fingerprint density at radius 3 is 2.39 bits per heavy atom. The lowest BCUT2D eigenvalue weighted by atomic mass is 9.72. The minimum Gasteiger partial charge on any atom is -0.449 e. The first-order valence-corrected chi connectivity index (χ1v) is 10.6. The molecule has 1 aromatic carbocycles. The van der Waals surface area contributed by atoms with Crippen molar-refractivity contribution in [3.8, 4) is 16.9 Å². The Bertz CT molecular complexity index is 854. The summed E-state index contributed by atoms with van der Waals surface area (Å²) in [7, 11) is 0. The van der Waals surface area contributed by atoms with Gasteiger partial charge in [0.2, 0.25) is 0 Å². The summed E-state index contributed by atoms with van der Waals surface area (Å²) in [6.07, 6.45) is 9.68. The molecule has 0 aliphatic heterocycles. The molecule has 1 aromatic heterocycles. The highest BCUT2D eigenvalue weighted by Gasteiger charge is 2.37. The fraction of sp³-hybridized carbons (Fsp3) is 0.500. The van der Waals surface area contributed by atoms with E-state index in [-0.39, 0.29) is 5.41 Å². The molecule has 0 bridgehead atoms. The van der Waals surface area contributed by atoms with Gasteiger partial charge in [-0.2, -0.15) is 0 Å². The normalized spacial score (nSPS) is 18.8. The summed E-state index contributed by atoms with van der Waals surface area (Å²) in [5, 5.41) is 9.55. The highest BCUT2D eigenvalue weighted by molar-refractivity contribution is 5.79. The van der Waals surface area contributed by atoms with E-state index in [4.69, 9.17) is 9.72 Å². The van der Waals surface area contributed by atoms with Crippen molar-refractivity contribution in [2.45, 2.75) is 76.5 Å². The van der Waals surface area contributed by atoms with Crippen molar-refractivity contribution in [3.05, 3.63) is 47.3 Å². The fourth-order valence-electron chi connectivity index (χ4n) is 4.97. The van der Waals surface area contributed by atoms with Crippen LogP contribution in [0.4, 0.5) is 4.79 Å². The summed E-state index contributed by atoms with van der Waals surface area (Å²) >= 11 is 0. The molecule has 0 unspecified atom stereocenters. The monoisotopic (exact) mass is 379 g/mol. The number of carboxylic acid groups (broad SMARTS) is 1. The average Bonchev–Trinajstić information content (AvgIpc) is 2.93. The second-order valence-electron chi connectivity index (χ2n) is 8.51. The van der Waals surface area contributed by atoms with Crippen LogP contribution in [0.3, 0.4) is 0 Å². The van der Waals surface area contributed by atoms with E-state index in [0.29, 0.717) is 5.75 Å². The number of ether oxygens (including phenoxy) is 1. The Balaban J connectivity index is 2.00. The van der Waals surface area contributed by atoms with Crippen molar-refractivity contribution in [1.82, 2.24) is 4.98 Å². The van der Waals surface area contributed by atoms with Crippen LogP contribution in [0.15, 0.2) is 30.3 Å². The molecule has 0 spiro atoms. The zero-order valence-corrected chi connectivity index (χ0v) is 16.7. The molecule has 4 nitrogen and oxygen atoms in total. The van der Waals surface area contributed by atoms with Crippen molar-refractivity contribution in [2.24, 2.45) is 0 Å². The molecule has 0 radical (unpaired) electrons. The highest BCUT2D eigenvalue weighted by atomic mass is 16.7. The minimum absolute atomic E-state index is 0.131. The van der Waals surface area contributed by atoms with Gasteiger partial charge in [0, 0.05) is 16.7 Å². The van der Waals surface area contributed by atoms with E-state index in [1.165, 1.54) is 18.4 Å². The van der Waals surface area contributed by atoms with Gasteiger partial charge in [0.15, 0.2) is 5.75 Å². The van der Waals surface area contributed by atoms with Crippen LogP contribution in [0, 0.1) is 0 Å². The van der Waals surface area contributed by atoms with Crippen LogP contribution >= 0.6 is 0 Å². The van der Waals surface area contributed by atoms with E-state index in [1.807, 2.05) is 18.2 Å². The van der Waals surface area contributed by atoms with Gasteiger partial charge in [0.1, 0.15) is 0 Å². The maximum Gasteiger partial charge on any atom is 0.511 e. The number of benzene rings is 1. The second kappa shape index (κ2) is 7.94. The number of rotatable bonds is 3. The van der Waals surface area contributed by atoms with Crippen LogP contribution in [0.1, 0.15) is 75.2 Å². The van der Waals surface area contributed by atoms with Crippen LogP contribution in [0.25, 0.3) is 11.1 Å². The van der Waals surface area contributed by atoms with Crippen LogP contribution in [-0.4, -0.2) is 16.2 Å². The quantitative estimate of drug-likeness (QED) is 0.502. The number of carbonyl (C=O) groups is 1. The third-order valence-electron chi connectivity index (χ3n) is 6.46. The molecule has 0 amide bonds. The number of hydrogen-bond donors (Lipinski definition) is 1. The molecule has 1 fully saturated rings. The summed E-state index contributed by atoms with van der Waals surface area (Å²) in [5.41, 5.74) is 5.04. The third-order valence-corrected chi connectivity index (χ3v) is 6.46. The van der Waals surface area contributed by atoms with E-state index in [0.717, 1.165) is 73.9 Å². The zero-order valence-electron chi connectivity index (χ0n) is 16.7. The maximum absolute atomic E-state index is 11.7. The van der Waals surface area contributed by atoms with Crippen LogP contribution in [0.2, 0.25) is 0 Å².